The topological polar surface area (TPSA) is 77.0 Å². The lowest BCUT2D eigenvalue weighted by atomic mass is 10.1. The summed E-state index contributed by atoms with van der Waals surface area (Å²) in [4.78, 5) is 7.87. The highest BCUT2D eigenvalue weighted by atomic mass is 35.5. The third-order valence-corrected chi connectivity index (χ3v) is 4.54. The summed E-state index contributed by atoms with van der Waals surface area (Å²) in [5.41, 5.74) is 7.36. The Kier molecular flexibility index (Phi) is 5.60. The Balaban J connectivity index is 1.94. The molecule has 3 heterocycles. The zero-order chi connectivity index (χ0) is 18.8. The SMILES string of the molecule is C[C@H](F)[C@H](N)Cc1oc2c(NCc3ccncc3F)cc(Cl)nc2c1Cl. The number of nitrogens with one attached hydrogen (secondary N) is 1. The summed E-state index contributed by atoms with van der Waals surface area (Å²) in [5.74, 6) is -0.107. The molecule has 0 radical (unpaired) electrons. The van der Waals surface area contributed by atoms with Crippen LogP contribution < -0.4 is 11.1 Å². The maximum absolute atomic E-state index is 13.7. The van der Waals surface area contributed by atoms with E-state index < -0.39 is 18.0 Å². The van der Waals surface area contributed by atoms with E-state index in [4.69, 9.17) is 33.4 Å². The van der Waals surface area contributed by atoms with Gasteiger partial charge in [-0.3, -0.25) is 4.98 Å². The van der Waals surface area contributed by atoms with Gasteiger partial charge >= 0.3 is 0 Å². The predicted molar refractivity (Wildman–Crippen MR) is 97.8 cm³/mol. The Bertz CT molecular complexity index is 933. The van der Waals surface area contributed by atoms with Crippen LogP contribution in [0.15, 0.2) is 28.9 Å². The lowest BCUT2D eigenvalue weighted by molar-refractivity contribution is 0.296. The molecular weight excluding hydrogens is 385 g/mol. The fraction of sp³-hybridized carbons (Fsp3) is 0.294. The van der Waals surface area contributed by atoms with Crippen LogP contribution in [0.3, 0.4) is 0 Å². The zero-order valence-electron chi connectivity index (χ0n) is 13.8. The summed E-state index contributed by atoms with van der Waals surface area (Å²) >= 11 is 12.4. The van der Waals surface area contributed by atoms with Crippen molar-refractivity contribution in [1.82, 2.24) is 9.97 Å². The lowest BCUT2D eigenvalue weighted by Crippen LogP contribution is -2.31. The summed E-state index contributed by atoms with van der Waals surface area (Å²) in [7, 11) is 0. The maximum Gasteiger partial charge on any atom is 0.177 e. The molecule has 0 aliphatic rings. The van der Waals surface area contributed by atoms with Crippen molar-refractivity contribution in [3.63, 3.8) is 0 Å². The van der Waals surface area contributed by atoms with Gasteiger partial charge < -0.3 is 15.5 Å². The van der Waals surface area contributed by atoms with Crippen molar-refractivity contribution in [2.75, 3.05) is 5.32 Å². The van der Waals surface area contributed by atoms with Crippen LogP contribution in [0.5, 0.6) is 0 Å². The van der Waals surface area contributed by atoms with Gasteiger partial charge in [0.15, 0.2) is 5.58 Å². The first-order valence-corrected chi connectivity index (χ1v) is 8.61. The molecule has 9 heteroatoms. The number of pyridine rings is 2. The molecule has 3 aromatic rings. The van der Waals surface area contributed by atoms with Crippen molar-refractivity contribution in [2.24, 2.45) is 5.73 Å². The van der Waals surface area contributed by atoms with Gasteiger partial charge in [-0.1, -0.05) is 23.2 Å². The van der Waals surface area contributed by atoms with Crippen molar-refractivity contribution in [3.05, 3.63) is 51.8 Å². The molecule has 3 rings (SSSR count). The Morgan fingerprint density at radius 1 is 1.38 bits per heavy atom. The van der Waals surface area contributed by atoms with E-state index in [0.717, 1.165) is 6.20 Å². The first-order valence-electron chi connectivity index (χ1n) is 7.86. The number of nitrogens with zero attached hydrogens (tertiary/aromatic N) is 2. The minimum Gasteiger partial charge on any atom is -0.455 e. The van der Waals surface area contributed by atoms with Gasteiger partial charge in [0.25, 0.3) is 0 Å². The monoisotopic (exact) mass is 400 g/mol. The third kappa shape index (κ3) is 3.90. The molecule has 0 aliphatic heterocycles. The van der Waals surface area contributed by atoms with E-state index in [0.29, 0.717) is 28.1 Å². The standard InChI is InChI=1S/C17H16Cl2F2N4O/c1-8(20)11(22)4-13-15(19)16-17(26-13)12(5-14(18)25-16)24-6-9-2-3-23-7-10(9)21/h2-3,5,7-8,11H,4,6,22H2,1H3,(H,24,25)/t8-,11+/m0/s1. The summed E-state index contributed by atoms with van der Waals surface area (Å²) in [6.45, 7) is 1.55. The molecule has 0 fully saturated rings. The molecule has 0 amide bonds. The predicted octanol–water partition coefficient (Wildman–Crippen LogP) is 4.51. The number of alkyl halides is 1. The first kappa shape index (κ1) is 18.8. The minimum atomic E-state index is -1.22. The van der Waals surface area contributed by atoms with Crippen molar-refractivity contribution in [3.8, 4) is 0 Å². The van der Waals surface area contributed by atoms with E-state index in [-0.39, 0.29) is 23.1 Å². The number of hydrogen-bond acceptors (Lipinski definition) is 5. The Morgan fingerprint density at radius 2 is 2.15 bits per heavy atom. The Labute approximate surface area is 158 Å². The van der Waals surface area contributed by atoms with Crippen LogP contribution >= 0.6 is 23.2 Å². The molecule has 5 nitrogen and oxygen atoms in total. The number of furan rings is 1. The molecule has 0 saturated carbocycles. The van der Waals surface area contributed by atoms with Crippen LogP contribution in [-0.4, -0.2) is 22.2 Å². The van der Waals surface area contributed by atoms with Gasteiger partial charge in [-0.15, -0.1) is 0 Å². The number of halogens is 4. The van der Waals surface area contributed by atoms with Gasteiger partial charge in [-0.2, -0.15) is 0 Å². The normalized spacial score (nSPS) is 13.8. The molecule has 0 spiro atoms. The molecule has 26 heavy (non-hydrogen) atoms. The third-order valence-electron chi connectivity index (χ3n) is 3.96. The van der Waals surface area contributed by atoms with E-state index >= 15 is 0 Å². The van der Waals surface area contributed by atoms with Crippen molar-refractivity contribution < 1.29 is 13.2 Å². The molecule has 0 saturated heterocycles. The van der Waals surface area contributed by atoms with E-state index in [1.807, 2.05) is 0 Å². The number of aromatic nitrogens is 2. The maximum atomic E-state index is 13.7. The van der Waals surface area contributed by atoms with Crippen LogP contribution in [0, 0.1) is 5.82 Å². The number of nitrogens with two attached hydrogens (primary N) is 1. The van der Waals surface area contributed by atoms with Crippen LogP contribution in [-0.2, 0) is 13.0 Å². The van der Waals surface area contributed by atoms with E-state index in [1.165, 1.54) is 13.1 Å². The molecule has 2 atom stereocenters. The second-order valence-corrected chi connectivity index (χ2v) is 6.64. The van der Waals surface area contributed by atoms with E-state index in [2.05, 4.69) is 15.3 Å². The minimum absolute atomic E-state index is 0.114. The number of hydrogen-bond donors (Lipinski definition) is 2. The van der Waals surface area contributed by atoms with Gasteiger partial charge in [0.05, 0.1) is 11.9 Å². The highest BCUT2D eigenvalue weighted by Gasteiger charge is 2.22. The molecule has 0 unspecified atom stereocenters. The summed E-state index contributed by atoms with van der Waals surface area (Å²) in [5, 5.41) is 3.47. The number of fused-ring (bicyclic) bond motifs is 1. The van der Waals surface area contributed by atoms with Crippen LogP contribution in [0.4, 0.5) is 14.5 Å². The van der Waals surface area contributed by atoms with Crippen LogP contribution in [0.1, 0.15) is 18.2 Å². The van der Waals surface area contributed by atoms with Crippen molar-refractivity contribution in [1.29, 1.82) is 0 Å². The fourth-order valence-corrected chi connectivity index (χ4v) is 2.87. The summed E-state index contributed by atoms with van der Waals surface area (Å²) in [6.07, 6.45) is 1.52. The second-order valence-electron chi connectivity index (χ2n) is 5.88. The lowest BCUT2D eigenvalue weighted by Gasteiger charge is -2.10. The van der Waals surface area contributed by atoms with E-state index in [9.17, 15) is 8.78 Å². The highest BCUT2D eigenvalue weighted by molar-refractivity contribution is 6.36. The average molecular weight is 401 g/mol. The average Bonchev–Trinajstić information content (AvgIpc) is 2.90. The highest BCUT2D eigenvalue weighted by Crippen LogP contribution is 2.36. The van der Waals surface area contributed by atoms with Crippen molar-refractivity contribution in [2.45, 2.75) is 32.1 Å². The molecule has 3 N–H and O–H groups in total. The van der Waals surface area contributed by atoms with Gasteiger partial charge in [0.1, 0.15) is 33.4 Å². The van der Waals surface area contributed by atoms with E-state index in [1.54, 1.807) is 12.1 Å². The summed E-state index contributed by atoms with van der Waals surface area (Å²) < 4.78 is 32.9. The molecule has 3 aromatic heterocycles. The molecule has 0 bridgehead atoms. The fourth-order valence-electron chi connectivity index (χ4n) is 2.43. The largest absolute Gasteiger partial charge is 0.455 e. The van der Waals surface area contributed by atoms with Gasteiger partial charge in [-0.25, -0.2) is 13.8 Å². The molecule has 138 valence electrons. The zero-order valence-corrected chi connectivity index (χ0v) is 15.3. The Morgan fingerprint density at radius 3 is 2.85 bits per heavy atom. The number of rotatable bonds is 6. The van der Waals surface area contributed by atoms with Crippen LogP contribution in [0.25, 0.3) is 11.1 Å². The molecule has 0 aromatic carbocycles. The van der Waals surface area contributed by atoms with Crippen molar-refractivity contribution >= 4 is 40.0 Å². The van der Waals surface area contributed by atoms with Gasteiger partial charge in [0.2, 0.25) is 0 Å². The molecule has 0 aliphatic carbocycles. The quantitative estimate of drug-likeness (QED) is 0.595. The van der Waals surface area contributed by atoms with Crippen LogP contribution in [0.2, 0.25) is 10.2 Å². The van der Waals surface area contributed by atoms with Gasteiger partial charge in [0, 0.05) is 36.8 Å². The second kappa shape index (κ2) is 7.73. The first-order chi connectivity index (χ1) is 12.4. The Hall–Kier alpha value is -1.96. The van der Waals surface area contributed by atoms with Gasteiger partial charge in [-0.05, 0) is 13.0 Å². The molecular formula is C17H16Cl2F2N4O. The smallest absolute Gasteiger partial charge is 0.177 e. The number of anilines is 1. The summed E-state index contributed by atoms with van der Waals surface area (Å²) in [6, 6.07) is 2.35.